The van der Waals surface area contributed by atoms with E-state index in [2.05, 4.69) is 5.32 Å². The van der Waals surface area contributed by atoms with E-state index in [0.717, 1.165) is 12.8 Å². The number of para-hydroxylation sites is 1. The monoisotopic (exact) mass is 274 g/mol. The fourth-order valence-corrected chi connectivity index (χ4v) is 2.53. The third kappa shape index (κ3) is 2.54. The van der Waals surface area contributed by atoms with Crippen LogP contribution in [0.25, 0.3) is 0 Å². The van der Waals surface area contributed by atoms with E-state index in [9.17, 15) is 14.7 Å². The molecule has 1 heterocycles. The lowest BCUT2D eigenvalue weighted by Gasteiger charge is -2.20. The lowest BCUT2D eigenvalue weighted by atomic mass is 10.1. The Morgan fingerprint density at radius 1 is 1.35 bits per heavy atom. The normalized spacial score (nSPS) is 22.1. The fourth-order valence-electron chi connectivity index (χ4n) is 2.53. The van der Waals surface area contributed by atoms with Crippen LogP contribution < -0.4 is 10.2 Å². The standard InChI is InChI=1S/C15H18N2O3/c18-9-10-7-14(19)17(8-10)13-4-2-1-3-12(13)15(20)16-11-5-6-11/h1-4,10-11,18H,5-9H2,(H,16,20). The molecule has 106 valence electrons. The van der Waals surface area contributed by atoms with Crippen LogP contribution in [0.2, 0.25) is 0 Å². The summed E-state index contributed by atoms with van der Waals surface area (Å²) < 4.78 is 0. The number of aliphatic hydroxyl groups is 1. The Kier molecular flexibility index (Phi) is 3.44. The average molecular weight is 274 g/mol. The van der Waals surface area contributed by atoms with Gasteiger partial charge in [-0.1, -0.05) is 12.1 Å². The van der Waals surface area contributed by atoms with Gasteiger partial charge in [0.25, 0.3) is 5.91 Å². The number of carbonyl (C=O) groups excluding carboxylic acids is 2. The topological polar surface area (TPSA) is 69.6 Å². The highest BCUT2D eigenvalue weighted by molar-refractivity contribution is 6.05. The summed E-state index contributed by atoms with van der Waals surface area (Å²) in [5, 5.41) is 12.1. The Hall–Kier alpha value is -1.88. The number of amides is 2. The average Bonchev–Trinajstić information content (AvgIpc) is 3.19. The van der Waals surface area contributed by atoms with Gasteiger partial charge in [0, 0.05) is 31.5 Å². The minimum absolute atomic E-state index is 0.00131. The number of nitrogens with one attached hydrogen (secondary N) is 1. The maximum Gasteiger partial charge on any atom is 0.253 e. The summed E-state index contributed by atoms with van der Waals surface area (Å²) in [7, 11) is 0. The Bertz CT molecular complexity index is 540. The first-order valence-corrected chi connectivity index (χ1v) is 7.00. The molecule has 1 unspecified atom stereocenters. The first kappa shape index (κ1) is 13.1. The molecule has 3 rings (SSSR count). The van der Waals surface area contributed by atoms with Gasteiger partial charge in [-0.15, -0.1) is 0 Å². The summed E-state index contributed by atoms with van der Waals surface area (Å²) in [4.78, 5) is 25.9. The molecule has 0 radical (unpaired) electrons. The molecule has 20 heavy (non-hydrogen) atoms. The van der Waals surface area contributed by atoms with Crippen LogP contribution in [0, 0.1) is 5.92 Å². The van der Waals surface area contributed by atoms with Gasteiger partial charge in [0.2, 0.25) is 5.91 Å². The van der Waals surface area contributed by atoms with Crippen molar-refractivity contribution in [3.63, 3.8) is 0 Å². The van der Waals surface area contributed by atoms with E-state index in [1.807, 2.05) is 6.07 Å². The van der Waals surface area contributed by atoms with Gasteiger partial charge < -0.3 is 15.3 Å². The van der Waals surface area contributed by atoms with E-state index in [1.54, 1.807) is 23.1 Å². The van der Waals surface area contributed by atoms with Gasteiger partial charge in [0.15, 0.2) is 0 Å². The zero-order chi connectivity index (χ0) is 14.1. The quantitative estimate of drug-likeness (QED) is 0.858. The molecule has 5 nitrogen and oxygen atoms in total. The van der Waals surface area contributed by atoms with Crippen LogP contribution in [0.5, 0.6) is 0 Å². The molecule has 5 heteroatoms. The van der Waals surface area contributed by atoms with Crippen molar-refractivity contribution in [3.05, 3.63) is 29.8 Å². The number of aliphatic hydroxyl groups excluding tert-OH is 1. The third-order valence-corrected chi connectivity index (χ3v) is 3.82. The van der Waals surface area contributed by atoms with E-state index in [1.165, 1.54) is 0 Å². The zero-order valence-electron chi connectivity index (χ0n) is 11.2. The van der Waals surface area contributed by atoms with Crippen LogP contribution >= 0.6 is 0 Å². The molecule has 2 aliphatic rings. The number of anilines is 1. The Labute approximate surface area is 117 Å². The number of hydrogen-bond donors (Lipinski definition) is 2. The Balaban J connectivity index is 1.85. The molecule has 0 aromatic heterocycles. The summed E-state index contributed by atoms with van der Waals surface area (Å²) >= 11 is 0. The molecule has 1 saturated heterocycles. The van der Waals surface area contributed by atoms with Gasteiger partial charge in [-0.05, 0) is 25.0 Å². The van der Waals surface area contributed by atoms with E-state index in [0.29, 0.717) is 24.2 Å². The predicted octanol–water partition coefficient (Wildman–Crippen LogP) is 0.924. The Morgan fingerprint density at radius 3 is 2.75 bits per heavy atom. The van der Waals surface area contributed by atoms with Crippen molar-refractivity contribution < 1.29 is 14.7 Å². The van der Waals surface area contributed by atoms with Crippen molar-refractivity contribution in [2.45, 2.75) is 25.3 Å². The molecular weight excluding hydrogens is 256 g/mol. The lowest BCUT2D eigenvalue weighted by Crippen LogP contribution is -2.31. The first-order chi connectivity index (χ1) is 9.69. The fraction of sp³-hybridized carbons (Fsp3) is 0.467. The van der Waals surface area contributed by atoms with Crippen molar-refractivity contribution in [2.75, 3.05) is 18.1 Å². The minimum Gasteiger partial charge on any atom is -0.396 e. The highest BCUT2D eigenvalue weighted by Crippen LogP contribution is 2.28. The summed E-state index contributed by atoms with van der Waals surface area (Å²) in [6.45, 7) is 0.474. The molecule has 1 aromatic rings. The van der Waals surface area contributed by atoms with Gasteiger partial charge in [-0.25, -0.2) is 0 Å². The molecule has 1 aliphatic carbocycles. The predicted molar refractivity (Wildman–Crippen MR) is 74.5 cm³/mol. The highest BCUT2D eigenvalue weighted by atomic mass is 16.3. The third-order valence-electron chi connectivity index (χ3n) is 3.82. The van der Waals surface area contributed by atoms with Crippen LogP contribution in [0.3, 0.4) is 0 Å². The molecule has 2 fully saturated rings. The number of carbonyl (C=O) groups is 2. The molecular formula is C15H18N2O3. The van der Waals surface area contributed by atoms with E-state index in [-0.39, 0.29) is 30.4 Å². The number of hydrogen-bond acceptors (Lipinski definition) is 3. The summed E-state index contributed by atoms with van der Waals surface area (Å²) in [5.41, 5.74) is 1.18. The van der Waals surface area contributed by atoms with Crippen molar-refractivity contribution >= 4 is 17.5 Å². The summed E-state index contributed by atoms with van der Waals surface area (Å²) in [5.74, 6) is -0.193. The van der Waals surface area contributed by atoms with Gasteiger partial charge in [0.05, 0.1) is 11.3 Å². The maximum atomic E-state index is 12.2. The number of benzene rings is 1. The molecule has 1 aliphatic heterocycles. The lowest BCUT2D eigenvalue weighted by molar-refractivity contribution is -0.117. The first-order valence-electron chi connectivity index (χ1n) is 7.00. The SMILES string of the molecule is O=C(NC1CC1)c1ccccc1N1CC(CO)CC1=O. The van der Waals surface area contributed by atoms with E-state index in [4.69, 9.17) is 0 Å². The maximum absolute atomic E-state index is 12.2. The van der Waals surface area contributed by atoms with Crippen LogP contribution in [-0.2, 0) is 4.79 Å². The van der Waals surface area contributed by atoms with E-state index < -0.39 is 0 Å². The molecule has 0 bridgehead atoms. The van der Waals surface area contributed by atoms with Crippen molar-refractivity contribution in [1.82, 2.24) is 5.32 Å². The van der Waals surface area contributed by atoms with Gasteiger partial charge in [0.1, 0.15) is 0 Å². The van der Waals surface area contributed by atoms with Crippen molar-refractivity contribution in [2.24, 2.45) is 5.92 Å². The van der Waals surface area contributed by atoms with Crippen LogP contribution in [0.15, 0.2) is 24.3 Å². The molecule has 2 N–H and O–H groups in total. The largest absolute Gasteiger partial charge is 0.396 e. The number of nitrogens with zero attached hydrogens (tertiary/aromatic N) is 1. The van der Waals surface area contributed by atoms with Crippen LogP contribution in [0.1, 0.15) is 29.6 Å². The zero-order valence-corrected chi connectivity index (χ0v) is 11.2. The molecule has 0 spiro atoms. The summed E-state index contributed by atoms with van der Waals surface area (Å²) in [6, 6.07) is 7.44. The highest BCUT2D eigenvalue weighted by Gasteiger charge is 2.33. The minimum atomic E-state index is -0.122. The Morgan fingerprint density at radius 2 is 2.10 bits per heavy atom. The molecule has 1 saturated carbocycles. The smallest absolute Gasteiger partial charge is 0.253 e. The van der Waals surface area contributed by atoms with Gasteiger partial charge in [-0.3, -0.25) is 9.59 Å². The van der Waals surface area contributed by atoms with E-state index >= 15 is 0 Å². The molecule has 1 aromatic carbocycles. The second-order valence-corrected chi connectivity index (χ2v) is 5.52. The van der Waals surface area contributed by atoms with Crippen LogP contribution in [0.4, 0.5) is 5.69 Å². The summed E-state index contributed by atoms with van der Waals surface area (Å²) in [6.07, 6.45) is 2.40. The van der Waals surface area contributed by atoms with Crippen molar-refractivity contribution in [1.29, 1.82) is 0 Å². The van der Waals surface area contributed by atoms with Gasteiger partial charge >= 0.3 is 0 Å². The number of rotatable bonds is 4. The van der Waals surface area contributed by atoms with Gasteiger partial charge in [-0.2, -0.15) is 0 Å². The van der Waals surface area contributed by atoms with Crippen LogP contribution in [-0.4, -0.2) is 36.1 Å². The second kappa shape index (κ2) is 5.25. The van der Waals surface area contributed by atoms with Crippen molar-refractivity contribution in [3.8, 4) is 0 Å². The molecule has 2 amide bonds. The second-order valence-electron chi connectivity index (χ2n) is 5.52. The molecule has 1 atom stereocenters.